The first-order valence-electron chi connectivity index (χ1n) is 13.1. The fourth-order valence-electron chi connectivity index (χ4n) is 4.34. The molecule has 0 saturated carbocycles. The van der Waals surface area contributed by atoms with Crippen LogP contribution in [0.1, 0.15) is 25.8 Å². The number of alkyl carbamates (subject to hydrolysis) is 1. The number of carbonyl (C=O) groups excluding carboxylic acids is 1. The van der Waals surface area contributed by atoms with Crippen LogP contribution in [0.5, 0.6) is 0 Å². The predicted molar refractivity (Wildman–Crippen MR) is 150 cm³/mol. The van der Waals surface area contributed by atoms with E-state index in [0.717, 1.165) is 40.8 Å². The topological polar surface area (TPSA) is 175 Å². The SMILES string of the molecule is CC(C)CN(C[C@@H](OP(C)(=O)O)[C@H](Cc1ccccc1)NC(=O)O[C@H]1CCOC1)S(=O)(=O)c1ccc([N+](=O)[O-])cc1. The van der Waals surface area contributed by atoms with Gasteiger partial charge in [0.2, 0.25) is 10.0 Å². The van der Waals surface area contributed by atoms with Crippen molar-refractivity contribution < 1.29 is 41.6 Å². The zero-order valence-electron chi connectivity index (χ0n) is 23.1. The Morgan fingerprint density at radius 1 is 1.20 bits per heavy atom. The molecule has 4 atom stereocenters. The van der Waals surface area contributed by atoms with Crippen molar-refractivity contribution in [3.8, 4) is 0 Å². The second-order valence-corrected chi connectivity index (χ2v) is 14.0. The molecule has 15 heteroatoms. The Bertz CT molecular complexity index is 1310. The normalized spacial score (nSPS) is 18.5. The van der Waals surface area contributed by atoms with Gasteiger partial charge in [-0.05, 0) is 30.0 Å². The van der Waals surface area contributed by atoms with E-state index in [2.05, 4.69) is 5.32 Å². The smallest absolute Gasteiger partial charge is 0.407 e. The van der Waals surface area contributed by atoms with Crippen LogP contribution in [0, 0.1) is 16.0 Å². The highest BCUT2D eigenvalue weighted by atomic mass is 32.2. The minimum Gasteiger partial charge on any atom is -0.444 e. The van der Waals surface area contributed by atoms with E-state index in [1.807, 2.05) is 6.07 Å². The van der Waals surface area contributed by atoms with Gasteiger partial charge in [-0.3, -0.25) is 14.7 Å². The lowest BCUT2D eigenvalue weighted by Gasteiger charge is -2.33. The molecule has 0 radical (unpaired) electrons. The number of carbonyl (C=O) groups is 1. The maximum atomic E-state index is 13.7. The molecule has 1 saturated heterocycles. The van der Waals surface area contributed by atoms with E-state index in [1.165, 1.54) is 0 Å². The second-order valence-electron chi connectivity index (χ2n) is 10.2. The Morgan fingerprint density at radius 2 is 1.85 bits per heavy atom. The van der Waals surface area contributed by atoms with Crippen LogP contribution >= 0.6 is 7.60 Å². The monoisotopic (exact) mass is 613 g/mol. The van der Waals surface area contributed by atoms with Gasteiger partial charge in [0, 0.05) is 38.3 Å². The number of nitro groups is 1. The van der Waals surface area contributed by atoms with Crippen LogP contribution in [-0.2, 0) is 35.0 Å². The van der Waals surface area contributed by atoms with Crippen LogP contribution in [-0.4, -0.2) is 79.9 Å². The third-order valence-corrected chi connectivity index (χ3v) is 8.69. The molecular weight excluding hydrogens is 577 g/mol. The summed E-state index contributed by atoms with van der Waals surface area (Å²) < 4.78 is 57.3. The molecule has 1 aliphatic heterocycles. The molecule has 0 bridgehead atoms. The zero-order chi connectivity index (χ0) is 30.2. The summed E-state index contributed by atoms with van der Waals surface area (Å²) in [6, 6.07) is 12.4. The van der Waals surface area contributed by atoms with E-state index < -0.39 is 53.4 Å². The Balaban J connectivity index is 1.97. The first kappa shape index (κ1) is 32.6. The summed E-state index contributed by atoms with van der Waals surface area (Å²) in [7, 11) is -8.44. The number of non-ortho nitro benzene ring substituents is 1. The molecule has 1 unspecified atom stereocenters. The molecule has 41 heavy (non-hydrogen) atoms. The minimum atomic E-state index is -4.24. The molecular formula is C26H36N3O10PS. The van der Waals surface area contributed by atoms with E-state index in [9.17, 15) is 32.8 Å². The van der Waals surface area contributed by atoms with E-state index in [-0.39, 0.29) is 36.1 Å². The standard InChI is InChI=1S/C26H36N3O10PS/c1-19(2)16-28(41(35,36)23-11-9-21(10-12-23)29(31)32)17-25(39-40(3,33)34)24(15-20-7-5-4-6-8-20)27-26(30)38-22-13-14-37-18-22/h4-12,19,22,24-25H,13-18H2,1-3H3,(H,27,30)(H,33,34)/t22-,24-,25+/m0/s1. The van der Waals surface area contributed by atoms with Gasteiger partial charge in [-0.15, -0.1) is 0 Å². The highest BCUT2D eigenvalue weighted by molar-refractivity contribution is 7.89. The Hall–Kier alpha value is -2.87. The van der Waals surface area contributed by atoms with Crippen molar-refractivity contribution >= 4 is 29.4 Å². The second kappa shape index (κ2) is 14.3. The van der Waals surface area contributed by atoms with E-state index >= 15 is 0 Å². The summed E-state index contributed by atoms with van der Waals surface area (Å²) in [6.07, 6.45) is -1.88. The van der Waals surface area contributed by atoms with Crippen molar-refractivity contribution in [3.63, 3.8) is 0 Å². The summed E-state index contributed by atoms with van der Waals surface area (Å²) in [5, 5.41) is 13.8. The number of nitrogens with one attached hydrogen (secondary N) is 1. The number of rotatable bonds is 14. The molecule has 226 valence electrons. The van der Waals surface area contributed by atoms with Crippen molar-refractivity contribution in [2.45, 2.75) is 49.8 Å². The van der Waals surface area contributed by atoms with Gasteiger partial charge >= 0.3 is 13.7 Å². The fraction of sp³-hybridized carbons (Fsp3) is 0.500. The van der Waals surface area contributed by atoms with Crippen LogP contribution < -0.4 is 5.32 Å². The first-order valence-corrected chi connectivity index (χ1v) is 16.5. The van der Waals surface area contributed by atoms with Crippen molar-refractivity contribution in [2.75, 3.05) is 33.0 Å². The summed E-state index contributed by atoms with van der Waals surface area (Å²) in [4.78, 5) is 33.3. The Morgan fingerprint density at radius 3 is 2.39 bits per heavy atom. The lowest BCUT2D eigenvalue weighted by atomic mass is 10.0. The maximum Gasteiger partial charge on any atom is 0.407 e. The van der Waals surface area contributed by atoms with Crippen LogP contribution in [0.2, 0.25) is 0 Å². The number of nitrogens with zero attached hydrogens (tertiary/aromatic N) is 2. The van der Waals surface area contributed by atoms with Crippen LogP contribution in [0.4, 0.5) is 10.5 Å². The molecule has 1 amide bonds. The number of sulfonamides is 1. The predicted octanol–water partition coefficient (Wildman–Crippen LogP) is 3.57. The molecule has 1 fully saturated rings. The molecule has 0 aliphatic carbocycles. The fourth-order valence-corrected chi connectivity index (χ4v) is 6.67. The van der Waals surface area contributed by atoms with Gasteiger partial charge in [0.25, 0.3) is 5.69 Å². The molecule has 2 N–H and O–H groups in total. The number of benzene rings is 2. The Kier molecular flexibility index (Phi) is 11.4. The lowest BCUT2D eigenvalue weighted by Crippen LogP contribution is -2.52. The third kappa shape index (κ3) is 10.2. The number of amides is 1. The highest BCUT2D eigenvalue weighted by Crippen LogP contribution is 2.40. The number of hydrogen-bond acceptors (Lipinski definition) is 9. The van der Waals surface area contributed by atoms with Crippen molar-refractivity contribution in [3.05, 3.63) is 70.3 Å². The molecule has 1 heterocycles. The van der Waals surface area contributed by atoms with Gasteiger partial charge in [-0.1, -0.05) is 44.2 Å². The number of hydrogen-bond donors (Lipinski definition) is 2. The average Bonchev–Trinajstić information content (AvgIpc) is 3.40. The van der Waals surface area contributed by atoms with Gasteiger partial charge in [0.1, 0.15) is 12.2 Å². The van der Waals surface area contributed by atoms with Gasteiger partial charge in [0.15, 0.2) is 0 Å². The summed E-state index contributed by atoms with van der Waals surface area (Å²) >= 11 is 0. The summed E-state index contributed by atoms with van der Waals surface area (Å²) in [5.41, 5.74) is 0.485. The van der Waals surface area contributed by atoms with Crippen LogP contribution in [0.15, 0.2) is 59.5 Å². The first-order chi connectivity index (χ1) is 19.2. The van der Waals surface area contributed by atoms with Crippen molar-refractivity contribution in [1.29, 1.82) is 0 Å². The highest BCUT2D eigenvalue weighted by Gasteiger charge is 2.36. The van der Waals surface area contributed by atoms with Gasteiger partial charge in [0.05, 0.1) is 29.1 Å². The molecule has 2 aromatic rings. The molecule has 13 nitrogen and oxygen atoms in total. The molecule has 1 aliphatic rings. The largest absolute Gasteiger partial charge is 0.444 e. The van der Waals surface area contributed by atoms with Gasteiger partial charge < -0.3 is 24.2 Å². The molecule has 0 aromatic heterocycles. The van der Waals surface area contributed by atoms with Crippen molar-refractivity contribution in [2.24, 2.45) is 5.92 Å². The minimum absolute atomic E-state index is 0.000537. The third-order valence-electron chi connectivity index (χ3n) is 6.18. The molecule has 3 rings (SSSR count). The van der Waals surface area contributed by atoms with E-state index in [0.29, 0.717) is 13.0 Å². The van der Waals surface area contributed by atoms with Gasteiger partial charge in [-0.25, -0.2) is 13.2 Å². The number of nitro benzene ring substituents is 1. The molecule has 2 aromatic carbocycles. The van der Waals surface area contributed by atoms with Crippen LogP contribution in [0.3, 0.4) is 0 Å². The van der Waals surface area contributed by atoms with E-state index in [4.69, 9.17) is 14.0 Å². The maximum absolute atomic E-state index is 13.7. The lowest BCUT2D eigenvalue weighted by molar-refractivity contribution is -0.384. The quantitative estimate of drug-likeness (QED) is 0.182. The zero-order valence-corrected chi connectivity index (χ0v) is 24.8. The average molecular weight is 614 g/mol. The van der Waals surface area contributed by atoms with Crippen molar-refractivity contribution in [1.82, 2.24) is 9.62 Å². The summed E-state index contributed by atoms with van der Waals surface area (Å²) in [5.74, 6) is -0.168. The van der Waals surface area contributed by atoms with E-state index in [1.54, 1.807) is 38.1 Å². The molecule has 0 spiro atoms. The number of ether oxygens (including phenoxy) is 2. The van der Waals surface area contributed by atoms with Crippen LogP contribution in [0.25, 0.3) is 0 Å². The Labute approximate surface area is 239 Å². The van der Waals surface area contributed by atoms with Gasteiger partial charge in [-0.2, -0.15) is 4.31 Å². The summed E-state index contributed by atoms with van der Waals surface area (Å²) in [6.45, 7) is 4.86.